The van der Waals surface area contributed by atoms with Gasteiger partial charge >= 0.3 is 5.76 Å². The molecule has 7 nitrogen and oxygen atoms in total. The number of nitrogens with one attached hydrogen (secondary N) is 1. The number of benzene rings is 2. The highest BCUT2D eigenvalue weighted by molar-refractivity contribution is 6.42. The van der Waals surface area contributed by atoms with Crippen molar-refractivity contribution in [1.82, 2.24) is 9.88 Å². The quantitative estimate of drug-likeness (QED) is 0.616. The van der Waals surface area contributed by atoms with Crippen LogP contribution in [0.3, 0.4) is 0 Å². The summed E-state index contributed by atoms with van der Waals surface area (Å²) >= 11 is 12.1. The molecule has 2 aromatic carbocycles. The smallest absolute Gasteiger partial charge is 0.417 e. The van der Waals surface area contributed by atoms with Crippen LogP contribution in [0, 0.1) is 0 Å². The van der Waals surface area contributed by atoms with Gasteiger partial charge in [0.05, 0.1) is 15.6 Å². The van der Waals surface area contributed by atoms with E-state index in [1.807, 2.05) is 18.2 Å². The second kappa shape index (κ2) is 8.67. The molecule has 0 saturated carbocycles. The van der Waals surface area contributed by atoms with Crippen LogP contribution in [0.5, 0.6) is 5.75 Å². The minimum absolute atomic E-state index is 0.160. The number of oxazole rings is 1. The number of aliphatic hydroxyl groups excluding tert-OH is 1. The Kier molecular flexibility index (Phi) is 6.01. The van der Waals surface area contributed by atoms with Gasteiger partial charge in [0.2, 0.25) is 0 Å². The monoisotopic (exact) mass is 437 g/mol. The average Bonchev–Trinajstić information content (AvgIpc) is 3.08. The van der Waals surface area contributed by atoms with Crippen molar-refractivity contribution in [1.29, 1.82) is 0 Å². The first kappa shape index (κ1) is 20.1. The van der Waals surface area contributed by atoms with E-state index in [2.05, 4.69) is 14.8 Å². The van der Waals surface area contributed by atoms with Crippen molar-refractivity contribution in [2.24, 2.45) is 0 Å². The minimum atomic E-state index is -0.625. The van der Waals surface area contributed by atoms with E-state index in [-0.39, 0.29) is 6.61 Å². The summed E-state index contributed by atoms with van der Waals surface area (Å²) in [5.74, 6) is 0.0425. The third-order valence-electron chi connectivity index (χ3n) is 4.94. The summed E-state index contributed by atoms with van der Waals surface area (Å²) in [6.45, 7) is 4.03. The number of rotatable bonds is 6. The van der Waals surface area contributed by atoms with Gasteiger partial charge in [0.15, 0.2) is 5.58 Å². The first-order chi connectivity index (χ1) is 14.0. The first-order valence-electron chi connectivity index (χ1n) is 9.34. The summed E-state index contributed by atoms with van der Waals surface area (Å²) in [7, 11) is 0. The highest BCUT2D eigenvalue weighted by atomic mass is 35.5. The lowest BCUT2D eigenvalue weighted by Crippen LogP contribution is -2.49. The number of H-pyrrole nitrogens is 1. The van der Waals surface area contributed by atoms with E-state index in [4.69, 9.17) is 32.4 Å². The Balaban J connectivity index is 1.25. The number of fused-ring (bicyclic) bond motifs is 1. The third kappa shape index (κ3) is 4.87. The molecule has 0 bridgehead atoms. The second-order valence-corrected chi connectivity index (χ2v) is 7.84. The molecule has 29 heavy (non-hydrogen) atoms. The molecule has 0 amide bonds. The molecule has 1 aliphatic rings. The summed E-state index contributed by atoms with van der Waals surface area (Å²) in [4.78, 5) is 18.2. The van der Waals surface area contributed by atoms with Crippen LogP contribution in [0.2, 0.25) is 10.0 Å². The second-order valence-electron chi connectivity index (χ2n) is 7.02. The molecule has 9 heteroatoms. The number of anilines is 1. The van der Waals surface area contributed by atoms with Crippen LogP contribution >= 0.6 is 23.2 Å². The molecule has 1 aromatic heterocycles. The molecular formula is C20H21Cl2N3O4. The van der Waals surface area contributed by atoms with Crippen LogP contribution in [0.25, 0.3) is 11.1 Å². The van der Waals surface area contributed by atoms with Crippen LogP contribution in [0.4, 0.5) is 5.69 Å². The lowest BCUT2D eigenvalue weighted by atomic mass is 10.2. The average molecular weight is 438 g/mol. The number of β-amino-alcohol motifs (C(OH)–C–C–N with tert-alkyl or cyclic N) is 1. The molecule has 2 heterocycles. The molecule has 1 atom stereocenters. The van der Waals surface area contributed by atoms with E-state index in [9.17, 15) is 9.90 Å². The number of piperazine rings is 1. The highest BCUT2D eigenvalue weighted by Crippen LogP contribution is 2.27. The maximum atomic E-state index is 11.2. The van der Waals surface area contributed by atoms with E-state index >= 15 is 0 Å². The molecule has 154 valence electrons. The fourth-order valence-corrected chi connectivity index (χ4v) is 3.72. The minimum Gasteiger partial charge on any atom is -0.491 e. The standard InChI is InChI=1S/C20H21Cl2N3O4/c21-16-3-1-13(9-17(16)22)25-7-5-24(6-8-25)11-14(26)12-28-15-2-4-18-19(10-15)29-20(27)23-18/h1-4,9-10,14,26H,5-8,11-12H2,(H,23,27)/t14-/m1/s1. The summed E-state index contributed by atoms with van der Waals surface area (Å²) in [5.41, 5.74) is 2.10. The van der Waals surface area contributed by atoms with E-state index in [0.29, 0.717) is 33.4 Å². The van der Waals surface area contributed by atoms with E-state index < -0.39 is 11.9 Å². The number of ether oxygens (including phenoxy) is 1. The van der Waals surface area contributed by atoms with Crippen LogP contribution in [0.15, 0.2) is 45.6 Å². The predicted octanol–water partition coefficient (Wildman–Crippen LogP) is 2.99. The van der Waals surface area contributed by atoms with Gasteiger partial charge in [-0.3, -0.25) is 9.88 Å². The zero-order valence-corrected chi connectivity index (χ0v) is 17.1. The van der Waals surface area contributed by atoms with Gasteiger partial charge in [-0.1, -0.05) is 23.2 Å². The molecule has 0 unspecified atom stereocenters. The normalized spacial score (nSPS) is 16.3. The molecule has 1 aliphatic heterocycles. The van der Waals surface area contributed by atoms with E-state index in [1.165, 1.54) is 0 Å². The maximum Gasteiger partial charge on any atom is 0.417 e. The summed E-state index contributed by atoms with van der Waals surface area (Å²) < 4.78 is 10.7. The van der Waals surface area contributed by atoms with Gasteiger partial charge in [-0.15, -0.1) is 0 Å². The highest BCUT2D eigenvalue weighted by Gasteiger charge is 2.20. The van der Waals surface area contributed by atoms with Crippen molar-refractivity contribution in [3.63, 3.8) is 0 Å². The van der Waals surface area contributed by atoms with Crippen molar-refractivity contribution in [2.45, 2.75) is 6.10 Å². The van der Waals surface area contributed by atoms with E-state index in [0.717, 1.165) is 31.9 Å². The van der Waals surface area contributed by atoms with Crippen molar-refractivity contribution in [2.75, 3.05) is 44.2 Å². The Labute approximate surface area is 177 Å². The Morgan fingerprint density at radius 2 is 1.90 bits per heavy atom. The van der Waals surface area contributed by atoms with Crippen LogP contribution in [-0.2, 0) is 0 Å². The zero-order valence-electron chi connectivity index (χ0n) is 15.6. The first-order valence-corrected chi connectivity index (χ1v) is 10.1. The summed E-state index contributed by atoms with van der Waals surface area (Å²) in [6, 6.07) is 10.7. The lowest BCUT2D eigenvalue weighted by molar-refractivity contribution is 0.0663. The Bertz CT molecular complexity index is 1040. The third-order valence-corrected chi connectivity index (χ3v) is 5.68. The van der Waals surface area contributed by atoms with Crippen molar-refractivity contribution in [3.05, 3.63) is 57.0 Å². The number of nitrogens with zero attached hydrogens (tertiary/aromatic N) is 2. The molecule has 1 saturated heterocycles. The van der Waals surface area contributed by atoms with Gasteiger partial charge in [0.1, 0.15) is 18.5 Å². The van der Waals surface area contributed by atoms with Gasteiger partial charge in [0.25, 0.3) is 0 Å². The number of aliphatic hydroxyl groups is 1. The number of halogens is 2. The van der Waals surface area contributed by atoms with Gasteiger partial charge in [0, 0.05) is 44.5 Å². The lowest BCUT2D eigenvalue weighted by Gasteiger charge is -2.37. The Hall–Kier alpha value is -2.19. The fourth-order valence-electron chi connectivity index (χ4n) is 3.43. The van der Waals surface area contributed by atoms with Gasteiger partial charge in [-0.25, -0.2) is 4.79 Å². The molecule has 2 N–H and O–H groups in total. The number of aromatic nitrogens is 1. The van der Waals surface area contributed by atoms with E-state index in [1.54, 1.807) is 18.2 Å². The largest absolute Gasteiger partial charge is 0.491 e. The molecular weight excluding hydrogens is 417 g/mol. The van der Waals surface area contributed by atoms with Crippen molar-refractivity contribution >= 4 is 40.0 Å². The molecule has 4 rings (SSSR count). The van der Waals surface area contributed by atoms with Gasteiger partial charge in [-0.05, 0) is 30.3 Å². The van der Waals surface area contributed by atoms with Gasteiger partial charge < -0.3 is 19.2 Å². The number of hydrogen-bond acceptors (Lipinski definition) is 6. The van der Waals surface area contributed by atoms with Crippen molar-refractivity contribution < 1.29 is 14.3 Å². The Morgan fingerprint density at radius 1 is 1.10 bits per heavy atom. The van der Waals surface area contributed by atoms with Gasteiger partial charge in [-0.2, -0.15) is 0 Å². The molecule has 0 spiro atoms. The maximum absolute atomic E-state index is 11.2. The Morgan fingerprint density at radius 3 is 2.66 bits per heavy atom. The number of hydrogen-bond donors (Lipinski definition) is 2. The molecule has 0 aliphatic carbocycles. The number of aromatic amines is 1. The predicted molar refractivity (Wildman–Crippen MR) is 113 cm³/mol. The van der Waals surface area contributed by atoms with Crippen LogP contribution in [0.1, 0.15) is 0 Å². The topological polar surface area (TPSA) is 81.9 Å². The fraction of sp³-hybridized carbons (Fsp3) is 0.350. The SMILES string of the molecule is O=c1[nH]c2ccc(OC[C@H](O)CN3CCN(c4ccc(Cl)c(Cl)c4)CC3)cc2o1. The molecule has 3 aromatic rings. The zero-order chi connectivity index (χ0) is 20.4. The van der Waals surface area contributed by atoms with Crippen LogP contribution in [-0.4, -0.2) is 60.4 Å². The molecule has 1 fully saturated rings. The van der Waals surface area contributed by atoms with Crippen molar-refractivity contribution in [3.8, 4) is 5.75 Å². The summed E-state index contributed by atoms with van der Waals surface area (Å²) in [6.07, 6.45) is -0.625. The summed E-state index contributed by atoms with van der Waals surface area (Å²) in [5, 5.41) is 11.4. The van der Waals surface area contributed by atoms with Crippen LogP contribution < -0.4 is 15.4 Å². The molecule has 0 radical (unpaired) electrons.